The fourth-order valence-corrected chi connectivity index (χ4v) is 3.81. The number of hydrogen-bond donors (Lipinski definition) is 0. The molecule has 2 heterocycles. The molecule has 30 heavy (non-hydrogen) atoms. The van der Waals surface area contributed by atoms with Crippen LogP contribution in [0.3, 0.4) is 0 Å². The Morgan fingerprint density at radius 1 is 1.07 bits per heavy atom. The van der Waals surface area contributed by atoms with Gasteiger partial charge in [0, 0.05) is 13.1 Å². The first-order valence-electron chi connectivity index (χ1n) is 10.0. The summed E-state index contributed by atoms with van der Waals surface area (Å²) in [5, 5.41) is 0. The van der Waals surface area contributed by atoms with Crippen LogP contribution in [0.5, 0.6) is 0 Å². The molecule has 1 aliphatic rings. The van der Waals surface area contributed by atoms with E-state index in [1.165, 1.54) is 33.4 Å². The highest BCUT2D eigenvalue weighted by molar-refractivity contribution is 5.72. The molecule has 0 radical (unpaired) electrons. The van der Waals surface area contributed by atoms with Crippen molar-refractivity contribution in [2.45, 2.75) is 32.9 Å². The van der Waals surface area contributed by atoms with E-state index in [1.807, 2.05) is 31.2 Å². The second kappa shape index (κ2) is 7.09. The minimum absolute atomic E-state index is 0.289. The summed E-state index contributed by atoms with van der Waals surface area (Å²) in [6.45, 7) is 2.89. The Bertz CT molecular complexity index is 1360. The average Bonchev–Trinajstić information content (AvgIpc) is 3.47. The van der Waals surface area contributed by atoms with E-state index in [-0.39, 0.29) is 17.0 Å². The van der Waals surface area contributed by atoms with E-state index in [0.717, 1.165) is 24.0 Å². The molecule has 1 fully saturated rings. The molecule has 0 unspecified atom stereocenters. The molecule has 0 amide bonds. The molecule has 6 nitrogen and oxygen atoms in total. The maximum absolute atomic E-state index is 13.5. The van der Waals surface area contributed by atoms with Gasteiger partial charge in [0.2, 0.25) is 0 Å². The number of nitrogens with zero attached hydrogens (tertiary/aromatic N) is 4. The summed E-state index contributed by atoms with van der Waals surface area (Å²) in [6.07, 6.45) is 3.63. The maximum Gasteiger partial charge on any atom is 0.337 e. The third-order valence-corrected chi connectivity index (χ3v) is 5.72. The van der Waals surface area contributed by atoms with Crippen molar-refractivity contribution in [1.82, 2.24) is 18.7 Å². The van der Waals surface area contributed by atoms with Gasteiger partial charge in [0.25, 0.3) is 5.56 Å². The quantitative estimate of drug-likeness (QED) is 0.513. The first-order valence-corrected chi connectivity index (χ1v) is 10.0. The first kappa shape index (κ1) is 18.5. The monoisotopic (exact) mass is 404 g/mol. The molecule has 1 saturated carbocycles. The molecule has 2 aromatic heterocycles. The number of rotatable bonds is 5. The molecular weight excluding hydrogens is 383 g/mol. The number of benzene rings is 2. The van der Waals surface area contributed by atoms with Crippen LogP contribution in [0.15, 0.2) is 64.4 Å². The number of hydrogen-bond acceptors (Lipinski definition) is 3. The molecule has 0 bridgehead atoms. The van der Waals surface area contributed by atoms with E-state index < -0.39 is 5.69 Å². The zero-order valence-electron chi connectivity index (χ0n) is 16.6. The minimum atomic E-state index is -0.438. The Morgan fingerprint density at radius 2 is 1.80 bits per heavy atom. The molecule has 1 aliphatic carbocycles. The Kier molecular flexibility index (Phi) is 4.38. The van der Waals surface area contributed by atoms with Crippen LogP contribution in [-0.2, 0) is 13.1 Å². The lowest BCUT2D eigenvalue weighted by molar-refractivity contribution is 0.567. The fourth-order valence-electron chi connectivity index (χ4n) is 3.81. The van der Waals surface area contributed by atoms with Crippen LogP contribution >= 0.6 is 0 Å². The molecule has 2 aromatic carbocycles. The van der Waals surface area contributed by atoms with Crippen molar-refractivity contribution in [2.24, 2.45) is 5.92 Å². The van der Waals surface area contributed by atoms with Crippen molar-refractivity contribution in [2.75, 3.05) is 0 Å². The summed E-state index contributed by atoms with van der Waals surface area (Å²) in [7, 11) is 0. The van der Waals surface area contributed by atoms with Crippen molar-refractivity contribution in [3.05, 3.63) is 92.6 Å². The van der Waals surface area contributed by atoms with Gasteiger partial charge in [-0.1, -0.05) is 24.3 Å². The van der Waals surface area contributed by atoms with Crippen molar-refractivity contribution >= 4 is 11.2 Å². The lowest BCUT2D eigenvalue weighted by Crippen LogP contribution is -2.40. The van der Waals surface area contributed by atoms with E-state index in [2.05, 4.69) is 4.98 Å². The third kappa shape index (κ3) is 3.16. The van der Waals surface area contributed by atoms with Gasteiger partial charge >= 0.3 is 5.69 Å². The second-order valence-corrected chi connectivity index (χ2v) is 7.92. The van der Waals surface area contributed by atoms with Crippen molar-refractivity contribution in [1.29, 1.82) is 0 Å². The normalized spacial score (nSPS) is 13.8. The Labute approximate surface area is 171 Å². The lowest BCUT2D eigenvalue weighted by atomic mass is 10.1. The van der Waals surface area contributed by atoms with Gasteiger partial charge in [-0.3, -0.25) is 9.36 Å². The van der Waals surface area contributed by atoms with Gasteiger partial charge < -0.3 is 4.57 Å². The summed E-state index contributed by atoms with van der Waals surface area (Å²) >= 11 is 0. The number of fused-ring (bicyclic) bond motifs is 1. The molecule has 4 aromatic rings. The molecule has 0 spiro atoms. The largest absolute Gasteiger partial charge is 0.337 e. The van der Waals surface area contributed by atoms with Gasteiger partial charge in [0.1, 0.15) is 5.82 Å². The van der Waals surface area contributed by atoms with E-state index in [9.17, 15) is 14.0 Å². The van der Waals surface area contributed by atoms with E-state index >= 15 is 0 Å². The highest BCUT2D eigenvalue weighted by atomic mass is 19.1. The molecule has 0 saturated heterocycles. The van der Waals surface area contributed by atoms with Crippen LogP contribution in [-0.4, -0.2) is 18.7 Å². The maximum atomic E-state index is 13.5. The van der Waals surface area contributed by atoms with Gasteiger partial charge in [0.05, 0.1) is 12.0 Å². The zero-order chi connectivity index (χ0) is 20.8. The second-order valence-electron chi connectivity index (χ2n) is 7.92. The smallest absolute Gasteiger partial charge is 0.320 e. The van der Waals surface area contributed by atoms with Crippen molar-refractivity contribution in [3.8, 4) is 5.69 Å². The zero-order valence-corrected chi connectivity index (χ0v) is 16.6. The Balaban J connectivity index is 1.76. The van der Waals surface area contributed by atoms with Crippen molar-refractivity contribution < 1.29 is 4.39 Å². The molecular formula is C23H21FN4O2. The van der Waals surface area contributed by atoms with Crippen LogP contribution in [0.4, 0.5) is 4.39 Å². The summed E-state index contributed by atoms with van der Waals surface area (Å²) in [5.74, 6) is -0.0401. The SMILES string of the molecule is Cc1ccccc1Cn1cnc2c1c(=O)n(CC1CC1)c(=O)n2-c1ccc(F)cc1. The van der Waals surface area contributed by atoms with Crippen LogP contribution < -0.4 is 11.2 Å². The molecule has 0 N–H and O–H groups in total. The number of halogens is 1. The number of aryl methyl sites for hydroxylation is 1. The summed E-state index contributed by atoms with van der Waals surface area (Å²) < 4.78 is 18.0. The van der Waals surface area contributed by atoms with E-state index in [0.29, 0.717) is 30.2 Å². The van der Waals surface area contributed by atoms with Gasteiger partial charge in [-0.05, 0) is 61.1 Å². The van der Waals surface area contributed by atoms with Gasteiger partial charge in [-0.15, -0.1) is 0 Å². The van der Waals surface area contributed by atoms with Crippen LogP contribution in [0.25, 0.3) is 16.9 Å². The highest BCUT2D eigenvalue weighted by Crippen LogP contribution is 2.30. The number of imidazole rings is 1. The number of aromatic nitrogens is 4. The van der Waals surface area contributed by atoms with Gasteiger partial charge in [-0.25, -0.2) is 18.7 Å². The Morgan fingerprint density at radius 3 is 2.50 bits per heavy atom. The average molecular weight is 404 g/mol. The molecule has 7 heteroatoms. The summed E-state index contributed by atoms with van der Waals surface area (Å²) in [5.41, 5.74) is 2.57. The van der Waals surface area contributed by atoms with Crippen LogP contribution in [0, 0.1) is 18.7 Å². The predicted octanol–water partition coefficient (Wildman–Crippen LogP) is 3.25. The van der Waals surface area contributed by atoms with E-state index in [1.54, 1.807) is 10.9 Å². The third-order valence-electron chi connectivity index (χ3n) is 5.72. The molecule has 152 valence electrons. The van der Waals surface area contributed by atoms with Crippen LogP contribution in [0.2, 0.25) is 0 Å². The molecule has 5 rings (SSSR count). The predicted molar refractivity (Wildman–Crippen MR) is 113 cm³/mol. The van der Waals surface area contributed by atoms with Crippen LogP contribution in [0.1, 0.15) is 24.0 Å². The van der Waals surface area contributed by atoms with E-state index in [4.69, 9.17) is 0 Å². The highest BCUT2D eigenvalue weighted by Gasteiger charge is 2.26. The lowest BCUT2D eigenvalue weighted by Gasteiger charge is -2.13. The topological polar surface area (TPSA) is 61.8 Å². The molecule has 0 aliphatic heterocycles. The summed E-state index contributed by atoms with van der Waals surface area (Å²) in [4.78, 5) is 31.0. The minimum Gasteiger partial charge on any atom is -0.320 e. The summed E-state index contributed by atoms with van der Waals surface area (Å²) in [6, 6.07) is 13.6. The fraction of sp³-hybridized carbons (Fsp3) is 0.261. The van der Waals surface area contributed by atoms with Gasteiger partial charge in [0.15, 0.2) is 11.2 Å². The standard InChI is InChI=1S/C23H21FN4O2/c1-15-4-2-3-5-17(15)13-26-14-25-21-20(26)22(29)27(12-16-6-7-16)23(30)28(21)19-10-8-18(24)9-11-19/h2-5,8-11,14,16H,6-7,12-13H2,1H3. The Hall–Kier alpha value is -3.48. The van der Waals surface area contributed by atoms with Gasteiger partial charge in [-0.2, -0.15) is 0 Å². The van der Waals surface area contributed by atoms with Crippen molar-refractivity contribution in [3.63, 3.8) is 0 Å². The first-order chi connectivity index (χ1) is 14.5. The molecule has 0 atom stereocenters.